The van der Waals surface area contributed by atoms with Gasteiger partial charge in [-0.1, -0.05) is 72.8 Å². The average Bonchev–Trinajstić information content (AvgIpc) is 3.80. The Morgan fingerprint density at radius 1 is 0.404 bits per heavy atom. The monoisotopic (exact) mass is 600 g/mol. The minimum atomic E-state index is 0.869. The van der Waals surface area contributed by atoms with Crippen molar-refractivity contribution in [3.05, 3.63) is 146 Å². The molecule has 5 aromatic carbocycles. The Labute approximate surface area is 267 Å². The molecule has 0 aliphatic rings. The molecule has 0 atom stereocenters. The van der Waals surface area contributed by atoms with Crippen LogP contribution in [0.25, 0.3) is 93.3 Å². The number of hydrogen-bond donors (Lipinski definition) is 0. The number of hydrogen-bond acceptors (Lipinski definition) is 3. The molecular formula is C41H24N6. The zero-order valence-electron chi connectivity index (χ0n) is 25.0. The number of benzene rings is 5. The van der Waals surface area contributed by atoms with E-state index in [1.807, 2.05) is 24.8 Å². The van der Waals surface area contributed by atoms with Gasteiger partial charge in [-0.2, -0.15) is 0 Å². The van der Waals surface area contributed by atoms with Crippen molar-refractivity contribution in [2.24, 2.45) is 0 Å². The smallest absolute Gasteiger partial charge is 0.147 e. The largest absolute Gasteiger partial charge is 0.307 e. The van der Waals surface area contributed by atoms with Crippen molar-refractivity contribution < 1.29 is 0 Å². The highest BCUT2D eigenvalue weighted by atomic mass is 15.1. The van der Waals surface area contributed by atoms with E-state index in [9.17, 15) is 0 Å². The summed E-state index contributed by atoms with van der Waals surface area (Å²) in [5.74, 6) is 0. The molecule has 0 spiro atoms. The molecule has 11 aromatic rings. The summed E-state index contributed by atoms with van der Waals surface area (Å²) in [6.45, 7) is 0. The Morgan fingerprint density at radius 2 is 1.04 bits per heavy atom. The van der Waals surface area contributed by atoms with E-state index in [0.717, 1.165) is 55.2 Å². The van der Waals surface area contributed by atoms with Crippen LogP contribution in [-0.2, 0) is 0 Å². The molecule has 218 valence electrons. The summed E-state index contributed by atoms with van der Waals surface area (Å²) in [5, 5.41) is 8.14. The Bertz CT molecular complexity index is 3060. The molecule has 0 aliphatic heterocycles. The predicted molar refractivity (Wildman–Crippen MR) is 192 cm³/mol. The zero-order valence-corrected chi connectivity index (χ0v) is 25.0. The van der Waals surface area contributed by atoms with Crippen LogP contribution in [0.5, 0.6) is 0 Å². The van der Waals surface area contributed by atoms with E-state index in [0.29, 0.717) is 0 Å². The Kier molecular flexibility index (Phi) is 4.75. The lowest BCUT2D eigenvalue weighted by molar-refractivity contribution is 1.15. The second kappa shape index (κ2) is 9.02. The summed E-state index contributed by atoms with van der Waals surface area (Å²) in [4.78, 5) is 14.3. The van der Waals surface area contributed by atoms with E-state index in [1.54, 1.807) is 0 Å². The molecule has 0 N–H and O–H groups in total. The highest BCUT2D eigenvalue weighted by Gasteiger charge is 2.24. The average molecular weight is 601 g/mol. The van der Waals surface area contributed by atoms with Crippen LogP contribution in [-0.4, -0.2) is 28.5 Å². The Balaban J connectivity index is 1.47. The molecule has 0 bridgehead atoms. The van der Waals surface area contributed by atoms with Crippen molar-refractivity contribution in [1.29, 1.82) is 0 Å². The van der Waals surface area contributed by atoms with Crippen LogP contribution in [0.4, 0.5) is 0 Å². The summed E-state index contributed by atoms with van der Waals surface area (Å²) in [7, 11) is 0. The minimum absolute atomic E-state index is 0.869. The lowest BCUT2D eigenvalue weighted by Crippen LogP contribution is -1.98. The molecule has 0 fully saturated rings. The van der Waals surface area contributed by atoms with Gasteiger partial charge in [0.05, 0.1) is 39.3 Å². The number of rotatable bonds is 2. The van der Waals surface area contributed by atoms with Gasteiger partial charge in [0.25, 0.3) is 0 Å². The fourth-order valence-corrected chi connectivity index (χ4v) is 7.92. The first-order chi connectivity index (χ1) is 23.4. The van der Waals surface area contributed by atoms with Gasteiger partial charge in [-0.3, -0.25) is 14.4 Å². The highest BCUT2D eigenvalue weighted by Crippen LogP contribution is 2.45. The minimum Gasteiger partial charge on any atom is -0.307 e. The van der Waals surface area contributed by atoms with Crippen molar-refractivity contribution in [3.63, 3.8) is 0 Å². The van der Waals surface area contributed by atoms with E-state index in [2.05, 4.69) is 145 Å². The van der Waals surface area contributed by atoms with Gasteiger partial charge in [0.1, 0.15) is 11.2 Å². The number of aromatic nitrogens is 6. The SMILES string of the molecule is c1ccc(-n2c3ccccc3c3ccc4c5c6c(ccc5n(-c5ccccc5)c4c32)c2cnccc2n2c3ccncc3nc62)cc1. The van der Waals surface area contributed by atoms with E-state index < -0.39 is 0 Å². The molecule has 0 saturated heterocycles. The molecule has 6 heteroatoms. The molecule has 0 saturated carbocycles. The maximum atomic E-state index is 5.26. The fraction of sp³-hybridized carbons (Fsp3) is 0. The summed E-state index contributed by atoms with van der Waals surface area (Å²) < 4.78 is 7.15. The third kappa shape index (κ3) is 3.16. The maximum Gasteiger partial charge on any atom is 0.147 e. The number of nitrogens with zero attached hydrogens (tertiary/aromatic N) is 6. The molecule has 0 amide bonds. The number of imidazole rings is 1. The Morgan fingerprint density at radius 3 is 1.85 bits per heavy atom. The number of para-hydroxylation sites is 3. The first-order valence-electron chi connectivity index (χ1n) is 15.8. The van der Waals surface area contributed by atoms with Crippen LogP contribution in [0, 0.1) is 0 Å². The number of pyridine rings is 3. The third-order valence-corrected chi connectivity index (χ3v) is 9.77. The maximum absolute atomic E-state index is 5.26. The number of fused-ring (bicyclic) bond motifs is 16. The molecule has 0 unspecified atom stereocenters. The van der Waals surface area contributed by atoms with Gasteiger partial charge in [-0.05, 0) is 53.9 Å². The zero-order chi connectivity index (χ0) is 30.6. The van der Waals surface area contributed by atoms with Crippen molar-refractivity contribution in [2.75, 3.05) is 0 Å². The highest BCUT2D eigenvalue weighted by molar-refractivity contribution is 6.33. The second-order valence-corrected chi connectivity index (χ2v) is 12.1. The van der Waals surface area contributed by atoms with Crippen LogP contribution in [0.3, 0.4) is 0 Å². The van der Waals surface area contributed by atoms with Crippen LogP contribution < -0.4 is 0 Å². The van der Waals surface area contributed by atoms with E-state index in [4.69, 9.17) is 4.98 Å². The van der Waals surface area contributed by atoms with Crippen molar-refractivity contribution in [1.82, 2.24) is 28.5 Å². The lowest BCUT2D eigenvalue weighted by Gasteiger charge is -2.12. The quantitative estimate of drug-likeness (QED) is 0.186. The van der Waals surface area contributed by atoms with Crippen LogP contribution in [0.1, 0.15) is 0 Å². The van der Waals surface area contributed by atoms with E-state index in [-0.39, 0.29) is 0 Å². The Hall–Kier alpha value is -6.53. The third-order valence-electron chi connectivity index (χ3n) is 9.77. The molecular weight excluding hydrogens is 576 g/mol. The van der Waals surface area contributed by atoms with Gasteiger partial charge in [-0.15, -0.1) is 0 Å². The standard InChI is InChI=1S/C41H24N6/c1-3-9-25(10-4-1)45-33-14-8-7-13-27(33)29-15-16-30-37-36(46(40(30)39(29)45)26-11-5-2-6-12-26)18-17-28-31-23-42-21-19-34(31)47-35-20-22-43-24-32(35)44-41(47)38(28)37/h1-24H. The second-order valence-electron chi connectivity index (χ2n) is 12.1. The molecule has 0 aliphatic carbocycles. The summed E-state index contributed by atoms with van der Waals surface area (Å²) >= 11 is 0. The first kappa shape index (κ1) is 24.8. The molecule has 11 rings (SSSR count). The van der Waals surface area contributed by atoms with Gasteiger partial charge < -0.3 is 9.13 Å². The van der Waals surface area contributed by atoms with Crippen LogP contribution in [0.2, 0.25) is 0 Å². The lowest BCUT2D eigenvalue weighted by atomic mass is 10.0. The van der Waals surface area contributed by atoms with Crippen molar-refractivity contribution >= 4 is 82.0 Å². The molecule has 0 radical (unpaired) electrons. The van der Waals surface area contributed by atoms with Crippen LogP contribution >= 0.6 is 0 Å². The summed E-state index contributed by atoms with van der Waals surface area (Å²) in [6, 6.07) is 43.4. The van der Waals surface area contributed by atoms with Gasteiger partial charge in [0, 0.05) is 62.3 Å². The first-order valence-corrected chi connectivity index (χ1v) is 15.8. The summed E-state index contributed by atoms with van der Waals surface area (Å²) in [5.41, 5.74) is 10.8. The van der Waals surface area contributed by atoms with Gasteiger partial charge >= 0.3 is 0 Å². The van der Waals surface area contributed by atoms with Crippen molar-refractivity contribution in [2.45, 2.75) is 0 Å². The van der Waals surface area contributed by atoms with Gasteiger partial charge in [0.15, 0.2) is 0 Å². The fourth-order valence-electron chi connectivity index (χ4n) is 7.92. The van der Waals surface area contributed by atoms with Gasteiger partial charge in [-0.25, -0.2) is 4.98 Å². The van der Waals surface area contributed by atoms with Gasteiger partial charge in [0.2, 0.25) is 0 Å². The van der Waals surface area contributed by atoms with Crippen LogP contribution in [0.15, 0.2) is 146 Å². The molecule has 6 nitrogen and oxygen atoms in total. The van der Waals surface area contributed by atoms with Crippen molar-refractivity contribution in [3.8, 4) is 11.4 Å². The summed E-state index contributed by atoms with van der Waals surface area (Å²) in [6.07, 6.45) is 7.54. The normalized spacial score (nSPS) is 12.3. The van der Waals surface area contributed by atoms with E-state index >= 15 is 0 Å². The molecule has 6 heterocycles. The molecule has 6 aromatic heterocycles. The molecule has 47 heavy (non-hydrogen) atoms. The topological polar surface area (TPSA) is 52.9 Å². The van der Waals surface area contributed by atoms with E-state index in [1.165, 1.54) is 38.1 Å². The predicted octanol–water partition coefficient (Wildman–Crippen LogP) is 9.78.